The minimum absolute atomic E-state index is 0.00808. The van der Waals surface area contributed by atoms with Crippen LogP contribution in [0.1, 0.15) is 10.6 Å². The molecular weight excluding hydrogens is 322 g/mol. The Morgan fingerprint density at radius 1 is 1.42 bits per heavy atom. The van der Waals surface area contributed by atoms with Crippen molar-refractivity contribution >= 4 is 38.6 Å². The monoisotopic (exact) mass is 327 g/mol. The molecule has 0 bridgehead atoms. The number of methoxy groups -OCH3 is 1. The van der Waals surface area contributed by atoms with E-state index in [-0.39, 0.29) is 16.7 Å². The lowest BCUT2D eigenvalue weighted by Crippen LogP contribution is -2.09. The zero-order valence-corrected chi connectivity index (χ0v) is 11.1. The number of hydrogen-bond donors (Lipinski definition) is 0. The molecule has 0 amide bonds. The van der Waals surface area contributed by atoms with Gasteiger partial charge in [-0.05, 0) is 6.07 Å². The highest BCUT2D eigenvalue weighted by Gasteiger charge is 2.21. The van der Waals surface area contributed by atoms with E-state index < -0.39 is 22.0 Å². The van der Waals surface area contributed by atoms with Gasteiger partial charge in [-0.15, -0.1) is 0 Å². The topological polar surface area (TPSA) is 99.7 Å². The van der Waals surface area contributed by atoms with Crippen molar-refractivity contribution in [2.75, 3.05) is 7.11 Å². The normalized spacial score (nSPS) is 10.4. The Labute approximate surface area is 114 Å². The zero-order valence-electron chi connectivity index (χ0n) is 9.51. The number of nitrogens with zero attached hydrogens (tertiary/aromatic N) is 1. The lowest BCUT2D eigenvalue weighted by Gasteiger charge is -2.02. The number of rotatable bonds is 2. The maximum atomic E-state index is 11.8. The lowest BCUT2D eigenvalue weighted by molar-refractivity contribution is -0.383. The fraction of sp³-hybridized carbons (Fsp3) is 0.0909. The standard InChI is InChI=1S/C11H6BrNO6/c1-18-11(15)9-4-8(14)6-2-5(12)3-7(13(16)17)10(6)19-9/h2-4H,1H3. The quantitative estimate of drug-likeness (QED) is 0.476. The van der Waals surface area contributed by atoms with Crippen LogP contribution in [-0.2, 0) is 4.74 Å². The maximum Gasteiger partial charge on any atom is 0.374 e. The SMILES string of the molecule is COC(=O)c1cc(=O)c2cc(Br)cc([N+](=O)[O-])c2o1. The molecule has 7 nitrogen and oxygen atoms in total. The highest BCUT2D eigenvalue weighted by molar-refractivity contribution is 9.10. The van der Waals surface area contributed by atoms with E-state index in [0.29, 0.717) is 4.47 Å². The number of carbonyl (C=O) groups excluding carboxylic acids is 1. The van der Waals surface area contributed by atoms with Crippen LogP contribution in [0.5, 0.6) is 0 Å². The largest absolute Gasteiger partial charge is 0.463 e. The third kappa shape index (κ3) is 2.34. The van der Waals surface area contributed by atoms with Gasteiger partial charge in [-0.3, -0.25) is 14.9 Å². The summed E-state index contributed by atoms with van der Waals surface area (Å²) in [6, 6.07) is 3.51. The number of fused-ring (bicyclic) bond motifs is 1. The Morgan fingerprint density at radius 2 is 2.11 bits per heavy atom. The van der Waals surface area contributed by atoms with Gasteiger partial charge in [0.15, 0.2) is 5.43 Å². The number of hydrogen-bond acceptors (Lipinski definition) is 6. The van der Waals surface area contributed by atoms with Crippen molar-refractivity contribution in [3.8, 4) is 0 Å². The molecule has 1 heterocycles. The molecule has 0 saturated carbocycles. The molecule has 98 valence electrons. The number of nitro groups is 1. The Hall–Kier alpha value is -2.22. The van der Waals surface area contributed by atoms with Crippen LogP contribution in [0.3, 0.4) is 0 Å². The first-order valence-electron chi connectivity index (χ1n) is 4.94. The molecule has 0 aliphatic carbocycles. The maximum absolute atomic E-state index is 11.8. The number of benzene rings is 1. The average molecular weight is 328 g/mol. The number of halogens is 1. The van der Waals surface area contributed by atoms with E-state index in [9.17, 15) is 19.7 Å². The second-order valence-corrected chi connectivity index (χ2v) is 4.44. The van der Waals surface area contributed by atoms with Crippen LogP contribution >= 0.6 is 15.9 Å². The molecular formula is C11H6BrNO6. The smallest absolute Gasteiger partial charge is 0.374 e. The summed E-state index contributed by atoms with van der Waals surface area (Å²) in [5, 5.41) is 10.9. The third-order valence-corrected chi connectivity index (χ3v) is 2.81. The third-order valence-electron chi connectivity index (χ3n) is 2.36. The van der Waals surface area contributed by atoms with Gasteiger partial charge < -0.3 is 9.15 Å². The molecule has 2 aromatic rings. The van der Waals surface area contributed by atoms with Crippen molar-refractivity contribution in [2.45, 2.75) is 0 Å². The molecule has 1 aromatic carbocycles. The van der Waals surface area contributed by atoms with Crippen molar-refractivity contribution in [1.29, 1.82) is 0 Å². The highest BCUT2D eigenvalue weighted by atomic mass is 79.9. The van der Waals surface area contributed by atoms with Crippen molar-refractivity contribution in [2.24, 2.45) is 0 Å². The average Bonchev–Trinajstić information content (AvgIpc) is 2.37. The fourth-order valence-electron chi connectivity index (χ4n) is 1.54. The first-order valence-corrected chi connectivity index (χ1v) is 5.73. The first kappa shape index (κ1) is 13.2. The highest BCUT2D eigenvalue weighted by Crippen LogP contribution is 2.28. The van der Waals surface area contributed by atoms with Crippen molar-refractivity contribution in [3.05, 3.63) is 48.8 Å². The van der Waals surface area contributed by atoms with E-state index in [0.717, 1.165) is 13.2 Å². The van der Waals surface area contributed by atoms with Crippen LogP contribution in [-0.4, -0.2) is 18.0 Å². The van der Waals surface area contributed by atoms with Gasteiger partial charge in [0.1, 0.15) is 0 Å². The summed E-state index contributed by atoms with van der Waals surface area (Å²) in [5.41, 5.74) is -1.24. The molecule has 0 aliphatic rings. The summed E-state index contributed by atoms with van der Waals surface area (Å²) in [7, 11) is 1.11. The molecule has 2 rings (SSSR count). The first-order chi connectivity index (χ1) is 8.93. The second-order valence-electron chi connectivity index (χ2n) is 3.53. The summed E-state index contributed by atoms with van der Waals surface area (Å²) < 4.78 is 9.88. The number of carbonyl (C=O) groups is 1. The van der Waals surface area contributed by atoms with E-state index in [1.54, 1.807) is 0 Å². The van der Waals surface area contributed by atoms with Crippen LogP contribution in [0.15, 0.2) is 31.9 Å². The Balaban J connectivity index is 2.89. The van der Waals surface area contributed by atoms with Gasteiger partial charge in [0.25, 0.3) is 0 Å². The Kier molecular flexibility index (Phi) is 3.34. The zero-order chi connectivity index (χ0) is 14.2. The fourth-order valence-corrected chi connectivity index (χ4v) is 1.99. The van der Waals surface area contributed by atoms with Gasteiger partial charge >= 0.3 is 11.7 Å². The van der Waals surface area contributed by atoms with Crippen molar-refractivity contribution in [1.82, 2.24) is 0 Å². The van der Waals surface area contributed by atoms with Crippen LogP contribution in [0.25, 0.3) is 11.0 Å². The number of nitro benzene ring substituents is 1. The van der Waals surface area contributed by atoms with Gasteiger partial charge in [-0.25, -0.2) is 4.79 Å². The molecule has 0 fully saturated rings. The molecule has 0 radical (unpaired) electrons. The van der Waals surface area contributed by atoms with Crippen LogP contribution in [0.2, 0.25) is 0 Å². The van der Waals surface area contributed by atoms with E-state index in [1.165, 1.54) is 12.1 Å². The number of esters is 1. The summed E-state index contributed by atoms with van der Waals surface area (Å²) >= 11 is 3.07. The van der Waals surface area contributed by atoms with Crippen LogP contribution in [0, 0.1) is 10.1 Å². The van der Waals surface area contributed by atoms with Gasteiger partial charge in [0.05, 0.1) is 17.4 Å². The molecule has 0 saturated heterocycles. The lowest BCUT2D eigenvalue weighted by atomic mass is 10.2. The van der Waals surface area contributed by atoms with E-state index in [1.807, 2.05) is 0 Å². The summed E-state index contributed by atoms with van der Waals surface area (Å²) in [6.07, 6.45) is 0. The van der Waals surface area contributed by atoms with Gasteiger partial charge in [0, 0.05) is 16.6 Å². The minimum Gasteiger partial charge on any atom is -0.463 e. The molecule has 8 heteroatoms. The number of non-ortho nitro benzene ring substituents is 1. The van der Waals surface area contributed by atoms with E-state index in [2.05, 4.69) is 20.7 Å². The summed E-state index contributed by atoms with van der Waals surface area (Å²) in [6.45, 7) is 0. The summed E-state index contributed by atoms with van der Waals surface area (Å²) in [4.78, 5) is 33.4. The number of ether oxygens (including phenoxy) is 1. The van der Waals surface area contributed by atoms with Gasteiger partial charge in [0.2, 0.25) is 11.3 Å². The van der Waals surface area contributed by atoms with Crippen LogP contribution in [0.4, 0.5) is 5.69 Å². The van der Waals surface area contributed by atoms with E-state index in [4.69, 9.17) is 4.42 Å². The Morgan fingerprint density at radius 3 is 2.68 bits per heavy atom. The minimum atomic E-state index is -0.879. The molecule has 0 spiro atoms. The van der Waals surface area contributed by atoms with Gasteiger partial charge in [-0.1, -0.05) is 15.9 Å². The van der Waals surface area contributed by atoms with Crippen molar-refractivity contribution < 1.29 is 18.9 Å². The molecule has 0 aliphatic heterocycles. The predicted octanol–water partition coefficient (Wildman–Crippen LogP) is 2.25. The van der Waals surface area contributed by atoms with Gasteiger partial charge in [-0.2, -0.15) is 0 Å². The molecule has 1 aromatic heterocycles. The summed E-state index contributed by atoms with van der Waals surface area (Å²) in [5.74, 6) is -1.26. The second kappa shape index (κ2) is 4.81. The molecule has 0 unspecified atom stereocenters. The van der Waals surface area contributed by atoms with E-state index >= 15 is 0 Å². The molecule has 0 N–H and O–H groups in total. The molecule has 0 atom stereocenters. The molecule has 19 heavy (non-hydrogen) atoms. The van der Waals surface area contributed by atoms with Crippen molar-refractivity contribution in [3.63, 3.8) is 0 Å². The van der Waals surface area contributed by atoms with Crippen LogP contribution < -0.4 is 5.43 Å². The Bertz CT molecular complexity index is 751. The predicted molar refractivity (Wildman–Crippen MR) is 68.2 cm³/mol.